The third kappa shape index (κ3) is 2.08. The second kappa shape index (κ2) is 5.01. The molecular weight excluding hydrogens is 312 g/mol. The second-order valence-corrected chi connectivity index (χ2v) is 7.90. The highest BCUT2D eigenvalue weighted by Crippen LogP contribution is 2.61. The SMILES string of the molecule is C[C@@H]1[C@@H](NC(=O)c2cc3c(F)c(F)cnc3[nH]2)C[C@H]2C[C@@H]1C2(C)C. The van der Waals surface area contributed by atoms with Gasteiger partial charge in [0.2, 0.25) is 0 Å². The van der Waals surface area contributed by atoms with Crippen LogP contribution in [-0.2, 0) is 0 Å². The third-order valence-electron chi connectivity index (χ3n) is 6.47. The number of carbonyl (C=O) groups is 1. The summed E-state index contributed by atoms with van der Waals surface area (Å²) in [4.78, 5) is 19.1. The Morgan fingerprint density at radius 3 is 2.79 bits per heavy atom. The monoisotopic (exact) mass is 333 g/mol. The number of pyridine rings is 1. The van der Waals surface area contributed by atoms with Crippen LogP contribution in [0.2, 0.25) is 0 Å². The molecule has 5 rings (SSSR count). The van der Waals surface area contributed by atoms with E-state index in [0.717, 1.165) is 12.6 Å². The van der Waals surface area contributed by atoms with Gasteiger partial charge in [0, 0.05) is 6.04 Å². The Kier molecular flexibility index (Phi) is 3.24. The molecule has 1 amide bonds. The first kappa shape index (κ1) is 15.5. The highest BCUT2D eigenvalue weighted by Gasteiger charge is 2.56. The number of aromatic amines is 1. The van der Waals surface area contributed by atoms with Crippen molar-refractivity contribution in [3.05, 3.63) is 29.6 Å². The van der Waals surface area contributed by atoms with Gasteiger partial charge in [-0.15, -0.1) is 0 Å². The maximum absolute atomic E-state index is 13.8. The fourth-order valence-corrected chi connectivity index (χ4v) is 4.73. The number of halogens is 2. The summed E-state index contributed by atoms with van der Waals surface area (Å²) in [5, 5.41) is 3.07. The number of hydrogen-bond acceptors (Lipinski definition) is 2. The Morgan fingerprint density at radius 2 is 2.12 bits per heavy atom. The minimum Gasteiger partial charge on any atom is -0.348 e. The molecule has 3 fully saturated rings. The van der Waals surface area contributed by atoms with E-state index in [1.54, 1.807) is 0 Å². The van der Waals surface area contributed by atoms with Crippen LogP contribution >= 0.6 is 0 Å². The number of nitrogens with zero attached hydrogens (tertiary/aromatic N) is 1. The van der Waals surface area contributed by atoms with Crippen LogP contribution in [0.15, 0.2) is 12.3 Å². The van der Waals surface area contributed by atoms with Crippen molar-refractivity contribution in [2.75, 3.05) is 0 Å². The number of rotatable bonds is 2. The molecule has 6 heteroatoms. The summed E-state index contributed by atoms with van der Waals surface area (Å²) < 4.78 is 27.0. The van der Waals surface area contributed by atoms with Crippen molar-refractivity contribution in [2.24, 2.45) is 23.2 Å². The van der Waals surface area contributed by atoms with Crippen molar-refractivity contribution < 1.29 is 13.6 Å². The zero-order valence-electron chi connectivity index (χ0n) is 14.0. The van der Waals surface area contributed by atoms with E-state index >= 15 is 0 Å². The predicted molar refractivity (Wildman–Crippen MR) is 86.4 cm³/mol. The van der Waals surface area contributed by atoms with E-state index in [4.69, 9.17) is 0 Å². The van der Waals surface area contributed by atoms with Crippen LogP contribution in [0, 0.1) is 34.8 Å². The standard InChI is InChI=1S/C18H21F2N3O/c1-8-11-4-9(18(11,2)3)5-13(8)23-17(24)14-6-10-15(20)12(19)7-21-16(10)22-14/h6-9,11,13H,4-5H2,1-3H3,(H,21,22)(H,23,24)/t8-,9+,11-,13-/m0/s1. The Morgan fingerprint density at radius 1 is 1.38 bits per heavy atom. The van der Waals surface area contributed by atoms with Crippen LogP contribution in [0.4, 0.5) is 8.78 Å². The molecular formula is C18H21F2N3O. The summed E-state index contributed by atoms with van der Waals surface area (Å²) in [7, 11) is 0. The molecule has 3 saturated carbocycles. The van der Waals surface area contributed by atoms with E-state index in [1.807, 2.05) is 0 Å². The van der Waals surface area contributed by atoms with Gasteiger partial charge in [0.15, 0.2) is 11.6 Å². The van der Waals surface area contributed by atoms with Gasteiger partial charge in [0.25, 0.3) is 5.91 Å². The molecule has 128 valence electrons. The molecule has 2 aromatic rings. The average Bonchev–Trinajstić information content (AvgIpc) is 2.97. The molecule has 4 atom stereocenters. The fraction of sp³-hybridized carbons (Fsp3) is 0.556. The van der Waals surface area contributed by atoms with Crippen molar-refractivity contribution in [3.63, 3.8) is 0 Å². The molecule has 0 spiro atoms. The van der Waals surface area contributed by atoms with E-state index in [1.165, 1.54) is 12.5 Å². The first-order valence-corrected chi connectivity index (χ1v) is 8.42. The first-order chi connectivity index (χ1) is 11.3. The third-order valence-corrected chi connectivity index (χ3v) is 6.47. The highest BCUT2D eigenvalue weighted by molar-refractivity contribution is 5.97. The van der Waals surface area contributed by atoms with Crippen LogP contribution in [0.1, 0.15) is 44.1 Å². The van der Waals surface area contributed by atoms with Crippen LogP contribution < -0.4 is 5.32 Å². The molecule has 0 aromatic carbocycles. The molecule has 3 aliphatic carbocycles. The summed E-state index contributed by atoms with van der Waals surface area (Å²) in [6, 6.07) is 1.45. The van der Waals surface area contributed by atoms with Crippen molar-refractivity contribution in [1.82, 2.24) is 15.3 Å². The van der Waals surface area contributed by atoms with E-state index in [-0.39, 0.29) is 28.7 Å². The molecule has 24 heavy (non-hydrogen) atoms. The number of carbonyl (C=O) groups excluding carboxylic acids is 1. The van der Waals surface area contributed by atoms with Crippen LogP contribution in [0.5, 0.6) is 0 Å². The van der Waals surface area contributed by atoms with E-state index in [9.17, 15) is 13.6 Å². The Balaban J connectivity index is 1.54. The van der Waals surface area contributed by atoms with Crippen molar-refractivity contribution >= 4 is 16.9 Å². The first-order valence-electron chi connectivity index (χ1n) is 8.42. The predicted octanol–water partition coefficient (Wildman–Crippen LogP) is 3.64. The normalized spacial score (nSPS) is 30.9. The summed E-state index contributed by atoms with van der Waals surface area (Å²) in [6.07, 6.45) is 3.02. The number of amides is 1. The van der Waals surface area contributed by atoms with Gasteiger partial charge in [0.1, 0.15) is 11.3 Å². The van der Waals surface area contributed by atoms with Gasteiger partial charge in [-0.25, -0.2) is 13.8 Å². The largest absolute Gasteiger partial charge is 0.348 e. The van der Waals surface area contributed by atoms with Crippen LogP contribution in [0.25, 0.3) is 11.0 Å². The van der Waals surface area contributed by atoms with Gasteiger partial charge in [0.05, 0.1) is 11.6 Å². The Labute approximate surface area is 139 Å². The minimum absolute atomic E-state index is 0.000762. The van der Waals surface area contributed by atoms with Crippen LogP contribution in [0.3, 0.4) is 0 Å². The molecule has 4 nitrogen and oxygen atoms in total. The van der Waals surface area contributed by atoms with Gasteiger partial charge in [-0.1, -0.05) is 20.8 Å². The quantitative estimate of drug-likeness (QED) is 0.881. The smallest absolute Gasteiger partial charge is 0.268 e. The number of aromatic nitrogens is 2. The molecule has 0 unspecified atom stereocenters. The van der Waals surface area contributed by atoms with Gasteiger partial charge in [-0.05, 0) is 42.1 Å². The number of hydrogen-bond donors (Lipinski definition) is 2. The number of fused-ring (bicyclic) bond motifs is 3. The van der Waals surface area contributed by atoms with Gasteiger partial charge in [-0.2, -0.15) is 0 Å². The summed E-state index contributed by atoms with van der Waals surface area (Å²) in [6.45, 7) is 6.80. The molecule has 0 radical (unpaired) electrons. The molecule has 2 N–H and O–H groups in total. The lowest BCUT2D eigenvalue weighted by atomic mass is 9.45. The lowest BCUT2D eigenvalue weighted by molar-refractivity contribution is -0.113. The maximum atomic E-state index is 13.8. The Bertz CT molecular complexity index is 829. The average molecular weight is 333 g/mol. The highest BCUT2D eigenvalue weighted by atomic mass is 19.2. The minimum atomic E-state index is -1.02. The van der Waals surface area contributed by atoms with Gasteiger partial charge >= 0.3 is 0 Å². The summed E-state index contributed by atoms with van der Waals surface area (Å²) in [5.74, 6) is -0.618. The molecule has 0 aliphatic heterocycles. The molecule has 3 aliphatic rings. The zero-order valence-corrected chi connectivity index (χ0v) is 14.0. The molecule has 2 heterocycles. The Hall–Kier alpha value is -1.98. The fourth-order valence-electron chi connectivity index (χ4n) is 4.73. The number of nitrogens with one attached hydrogen (secondary N) is 2. The molecule has 0 saturated heterocycles. The maximum Gasteiger partial charge on any atom is 0.268 e. The topological polar surface area (TPSA) is 57.8 Å². The van der Waals surface area contributed by atoms with E-state index < -0.39 is 11.6 Å². The second-order valence-electron chi connectivity index (χ2n) is 7.90. The molecule has 2 aromatic heterocycles. The lowest BCUT2D eigenvalue weighted by Crippen LogP contribution is -2.60. The van der Waals surface area contributed by atoms with Gasteiger partial charge in [-0.3, -0.25) is 4.79 Å². The lowest BCUT2D eigenvalue weighted by Gasteiger charge is -2.62. The zero-order chi connectivity index (χ0) is 17.2. The van der Waals surface area contributed by atoms with Crippen molar-refractivity contribution in [3.8, 4) is 0 Å². The van der Waals surface area contributed by atoms with Crippen LogP contribution in [-0.4, -0.2) is 21.9 Å². The number of H-pyrrole nitrogens is 1. The van der Waals surface area contributed by atoms with Crippen molar-refractivity contribution in [1.29, 1.82) is 0 Å². The van der Waals surface area contributed by atoms with Gasteiger partial charge < -0.3 is 10.3 Å². The van der Waals surface area contributed by atoms with E-state index in [2.05, 4.69) is 36.1 Å². The summed E-state index contributed by atoms with van der Waals surface area (Å²) >= 11 is 0. The summed E-state index contributed by atoms with van der Waals surface area (Å²) in [5.41, 5.74) is 0.749. The van der Waals surface area contributed by atoms with Crippen molar-refractivity contribution in [2.45, 2.75) is 39.7 Å². The van der Waals surface area contributed by atoms with E-state index in [0.29, 0.717) is 23.2 Å². The molecule has 2 bridgehead atoms.